The van der Waals surface area contributed by atoms with Crippen LogP contribution in [0, 0.1) is 0 Å². The lowest BCUT2D eigenvalue weighted by Gasteiger charge is -2.07. The second-order valence-electron chi connectivity index (χ2n) is 5.73. The van der Waals surface area contributed by atoms with E-state index in [9.17, 15) is 19.2 Å². The average molecular weight is 396 g/mol. The summed E-state index contributed by atoms with van der Waals surface area (Å²) in [5.41, 5.74) is 5.23. The third-order valence-corrected chi connectivity index (χ3v) is 3.62. The number of amides is 2. The van der Waals surface area contributed by atoms with Crippen molar-refractivity contribution in [3.05, 3.63) is 76.8 Å². The Hall–Kier alpha value is -4.21. The van der Waals surface area contributed by atoms with Crippen molar-refractivity contribution in [1.82, 2.24) is 20.6 Å². The van der Waals surface area contributed by atoms with E-state index in [4.69, 9.17) is 9.15 Å². The standard InChI is InChI=1S/C19H16N4O6/c24-15(20-21-17(26)13-7-3-1-4-8-13)12-28-16(25)11-23-19(27)29-18(22-23)14-9-5-2-6-10-14/h1-10H,11-12H2,(H,20,24)(H,21,26). The number of aromatic nitrogens is 2. The molecule has 0 atom stereocenters. The highest BCUT2D eigenvalue weighted by molar-refractivity contribution is 5.95. The number of carbonyl (C=O) groups excluding carboxylic acids is 3. The van der Waals surface area contributed by atoms with Gasteiger partial charge in [0, 0.05) is 11.1 Å². The first-order chi connectivity index (χ1) is 14.0. The summed E-state index contributed by atoms with van der Waals surface area (Å²) in [6.45, 7) is -1.18. The van der Waals surface area contributed by atoms with E-state index in [1.54, 1.807) is 60.7 Å². The third-order valence-electron chi connectivity index (χ3n) is 3.62. The second-order valence-corrected chi connectivity index (χ2v) is 5.73. The van der Waals surface area contributed by atoms with E-state index in [0.29, 0.717) is 11.1 Å². The van der Waals surface area contributed by atoms with E-state index < -0.39 is 36.7 Å². The predicted octanol–water partition coefficient (Wildman–Crippen LogP) is 0.508. The molecule has 0 unspecified atom stereocenters. The van der Waals surface area contributed by atoms with Gasteiger partial charge in [0.2, 0.25) is 5.89 Å². The number of hydrogen-bond donors (Lipinski definition) is 2. The van der Waals surface area contributed by atoms with Gasteiger partial charge in [-0.3, -0.25) is 25.2 Å². The first kappa shape index (κ1) is 19.5. The van der Waals surface area contributed by atoms with Gasteiger partial charge in [-0.1, -0.05) is 36.4 Å². The van der Waals surface area contributed by atoms with Gasteiger partial charge in [0.25, 0.3) is 11.8 Å². The number of esters is 1. The summed E-state index contributed by atoms with van der Waals surface area (Å²) in [4.78, 5) is 47.1. The maximum Gasteiger partial charge on any atom is 0.437 e. The van der Waals surface area contributed by atoms with E-state index in [1.165, 1.54) is 0 Å². The normalized spacial score (nSPS) is 10.2. The largest absolute Gasteiger partial charge is 0.454 e. The molecule has 1 heterocycles. The summed E-state index contributed by atoms with van der Waals surface area (Å²) >= 11 is 0. The monoisotopic (exact) mass is 396 g/mol. The Morgan fingerprint density at radius 3 is 2.31 bits per heavy atom. The van der Waals surface area contributed by atoms with Crippen molar-refractivity contribution in [2.24, 2.45) is 0 Å². The molecule has 0 aliphatic carbocycles. The fraction of sp³-hybridized carbons (Fsp3) is 0.105. The van der Waals surface area contributed by atoms with Crippen LogP contribution < -0.4 is 16.6 Å². The van der Waals surface area contributed by atoms with Crippen LogP contribution in [0.1, 0.15) is 10.4 Å². The Kier molecular flexibility index (Phi) is 6.15. The van der Waals surface area contributed by atoms with E-state index >= 15 is 0 Å². The molecule has 0 aliphatic heterocycles. The van der Waals surface area contributed by atoms with Crippen LogP contribution in [-0.2, 0) is 20.9 Å². The molecule has 0 spiro atoms. The van der Waals surface area contributed by atoms with E-state index in [-0.39, 0.29) is 5.89 Å². The number of rotatable bonds is 6. The van der Waals surface area contributed by atoms with Gasteiger partial charge in [0.1, 0.15) is 6.54 Å². The van der Waals surface area contributed by atoms with Crippen LogP contribution in [0.5, 0.6) is 0 Å². The summed E-state index contributed by atoms with van der Waals surface area (Å²) in [5, 5.41) is 3.92. The summed E-state index contributed by atoms with van der Waals surface area (Å²) in [6.07, 6.45) is 0. The van der Waals surface area contributed by atoms with Gasteiger partial charge >= 0.3 is 11.7 Å². The Bertz CT molecular complexity index is 1060. The fourth-order valence-electron chi connectivity index (χ4n) is 2.24. The number of hydrogen-bond acceptors (Lipinski definition) is 7. The van der Waals surface area contributed by atoms with Crippen LogP contribution >= 0.6 is 0 Å². The van der Waals surface area contributed by atoms with Gasteiger partial charge in [-0.15, -0.1) is 5.10 Å². The van der Waals surface area contributed by atoms with Gasteiger partial charge in [-0.05, 0) is 24.3 Å². The first-order valence-electron chi connectivity index (χ1n) is 8.46. The lowest BCUT2D eigenvalue weighted by atomic mass is 10.2. The minimum atomic E-state index is -0.871. The molecule has 0 bridgehead atoms. The SMILES string of the molecule is O=C(COC(=O)Cn1nc(-c2ccccc2)oc1=O)NNC(=O)c1ccccc1. The zero-order chi connectivity index (χ0) is 20.6. The van der Waals surface area contributed by atoms with Crippen molar-refractivity contribution >= 4 is 17.8 Å². The Labute approximate surface area is 164 Å². The van der Waals surface area contributed by atoms with Crippen molar-refractivity contribution in [3.63, 3.8) is 0 Å². The fourth-order valence-corrected chi connectivity index (χ4v) is 2.24. The molecule has 10 nitrogen and oxygen atoms in total. The maximum atomic E-state index is 11.8. The highest BCUT2D eigenvalue weighted by Gasteiger charge is 2.15. The topological polar surface area (TPSA) is 133 Å². The Morgan fingerprint density at radius 1 is 0.966 bits per heavy atom. The molecule has 148 valence electrons. The summed E-state index contributed by atoms with van der Waals surface area (Å²) in [6, 6.07) is 16.9. The van der Waals surface area contributed by atoms with Crippen molar-refractivity contribution < 1.29 is 23.5 Å². The number of hydrazine groups is 1. The minimum absolute atomic E-state index is 0.0600. The maximum absolute atomic E-state index is 11.8. The van der Waals surface area contributed by atoms with E-state index in [0.717, 1.165) is 4.68 Å². The molecule has 1 aromatic heterocycles. The molecule has 2 amide bonds. The summed E-state index contributed by atoms with van der Waals surface area (Å²) in [7, 11) is 0. The van der Waals surface area contributed by atoms with Gasteiger partial charge in [0.05, 0.1) is 0 Å². The molecule has 29 heavy (non-hydrogen) atoms. The van der Waals surface area contributed by atoms with E-state index in [2.05, 4.69) is 16.0 Å². The zero-order valence-corrected chi connectivity index (χ0v) is 15.0. The van der Waals surface area contributed by atoms with Crippen LogP contribution in [0.15, 0.2) is 69.9 Å². The van der Waals surface area contributed by atoms with Crippen LogP contribution in [0.2, 0.25) is 0 Å². The van der Waals surface area contributed by atoms with Gasteiger partial charge in [0.15, 0.2) is 6.61 Å². The summed E-state index contributed by atoms with van der Waals surface area (Å²) in [5.74, 6) is -2.91. The Balaban J connectivity index is 1.46. The predicted molar refractivity (Wildman–Crippen MR) is 99.2 cm³/mol. The highest BCUT2D eigenvalue weighted by atomic mass is 16.5. The third kappa shape index (κ3) is 5.39. The van der Waals surface area contributed by atoms with Crippen LogP contribution in [0.3, 0.4) is 0 Å². The van der Waals surface area contributed by atoms with Crippen molar-refractivity contribution in [2.75, 3.05) is 6.61 Å². The van der Waals surface area contributed by atoms with Crippen molar-refractivity contribution in [1.29, 1.82) is 0 Å². The van der Waals surface area contributed by atoms with E-state index in [1.807, 2.05) is 0 Å². The van der Waals surface area contributed by atoms with Crippen molar-refractivity contribution in [3.8, 4) is 11.5 Å². The quantitative estimate of drug-likeness (QED) is 0.458. The molecule has 3 aromatic rings. The molecular formula is C19H16N4O6. The molecule has 2 aromatic carbocycles. The lowest BCUT2D eigenvalue weighted by molar-refractivity contribution is -0.149. The zero-order valence-electron chi connectivity index (χ0n) is 15.0. The second kappa shape index (κ2) is 9.13. The molecule has 0 radical (unpaired) electrons. The molecule has 10 heteroatoms. The molecule has 0 saturated heterocycles. The molecule has 0 fully saturated rings. The summed E-state index contributed by atoms with van der Waals surface area (Å²) < 4.78 is 10.6. The lowest BCUT2D eigenvalue weighted by Crippen LogP contribution is -2.43. The average Bonchev–Trinajstić information content (AvgIpc) is 3.12. The number of ether oxygens (including phenoxy) is 1. The number of nitrogens with one attached hydrogen (secondary N) is 2. The van der Waals surface area contributed by atoms with Crippen LogP contribution in [0.4, 0.5) is 0 Å². The smallest absolute Gasteiger partial charge is 0.437 e. The van der Waals surface area contributed by atoms with Crippen LogP contribution in [0.25, 0.3) is 11.5 Å². The molecular weight excluding hydrogens is 380 g/mol. The number of carbonyl (C=O) groups is 3. The van der Waals surface area contributed by atoms with Crippen LogP contribution in [-0.4, -0.2) is 34.2 Å². The number of benzene rings is 2. The van der Waals surface area contributed by atoms with Gasteiger partial charge in [-0.2, -0.15) is 4.68 Å². The Morgan fingerprint density at radius 2 is 1.62 bits per heavy atom. The number of nitrogens with zero attached hydrogens (tertiary/aromatic N) is 2. The molecule has 3 rings (SSSR count). The first-order valence-corrected chi connectivity index (χ1v) is 8.46. The van der Waals surface area contributed by atoms with Gasteiger partial charge < -0.3 is 9.15 Å². The molecule has 2 N–H and O–H groups in total. The molecule has 0 saturated carbocycles. The minimum Gasteiger partial charge on any atom is -0.454 e. The highest BCUT2D eigenvalue weighted by Crippen LogP contribution is 2.13. The van der Waals surface area contributed by atoms with Crippen molar-refractivity contribution in [2.45, 2.75) is 6.54 Å². The van der Waals surface area contributed by atoms with Gasteiger partial charge in [-0.25, -0.2) is 4.79 Å². The molecule has 0 aliphatic rings.